The Morgan fingerprint density at radius 3 is 3.00 bits per heavy atom. The van der Waals surface area contributed by atoms with Crippen molar-refractivity contribution in [2.45, 2.75) is 19.9 Å². The summed E-state index contributed by atoms with van der Waals surface area (Å²) in [6.45, 7) is 4.20. The fourth-order valence-electron chi connectivity index (χ4n) is 1.98. The monoisotopic (exact) mass is 254 g/mol. The Balaban J connectivity index is 2.40. The predicted octanol–water partition coefficient (Wildman–Crippen LogP) is 1.06. The summed E-state index contributed by atoms with van der Waals surface area (Å²) in [7, 11) is 0. The number of rotatable bonds is 6. The van der Waals surface area contributed by atoms with Crippen molar-refractivity contribution < 1.29 is 5.11 Å². The third-order valence-electron chi connectivity index (χ3n) is 2.70. The summed E-state index contributed by atoms with van der Waals surface area (Å²) in [6, 6.07) is 0. The number of imidazole rings is 1. The summed E-state index contributed by atoms with van der Waals surface area (Å²) >= 11 is 1.60. The smallest absolute Gasteiger partial charge is 0.195 e. The summed E-state index contributed by atoms with van der Waals surface area (Å²) in [5.41, 5.74) is 6.82. The minimum absolute atomic E-state index is 0.134. The predicted molar refractivity (Wildman–Crippen MR) is 70.6 cm³/mol. The fourth-order valence-corrected chi connectivity index (χ4v) is 2.71. The summed E-state index contributed by atoms with van der Waals surface area (Å²) in [6.07, 6.45) is 3.01. The van der Waals surface area contributed by atoms with Gasteiger partial charge in [-0.2, -0.15) is 0 Å². The summed E-state index contributed by atoms with van der Waals surface area (Å²) in [5.74, 6) is 0.912. The van der Waals surface area contributed by atoms with Crippen LogP contribution in [0.25, 0.3) is 4.96 Å². The molecule has 2 rings (SSSR count). The molecule has 0 fully saturated rings. The molecule has 0 unspecified atom stereocenters. The van der Waals surface area contributed by atoms with Crippen molar-refractivity contribution in [3.05, 3.63) is 17.3 Å². The molecular weight excluding hydrogens is 236 g/mol. The average molecular weight is 254 g/mol. The average Bonchev–Trinajstić information content (AvgIpc) is 2.87. The van der Waals surface area contributed by atoms with Crippen molar-refractivity contribution in [2.24, 2.45) is 5.73 Å². The molecule has 0 amide bonds. The molecule has 0 saturated carbocycles. The lowest BCUT2D eigenvalue weighted by Crippen LogP contribution is -2.29. The van der Waals surface area contributed by atoms with Gasteiger partial charge in [0.25, 0.3) is 0 Å². The van der Waals surface area contributed by atoms with Crippen LogP contribution in [0.2, 0.25) is 0 Å². The Morgan fingerprint density at radius 1 is 1.53 bits per heavy atom. The van der Waals surface area contributed by atoms with E-state index >= 15 is 0 Å². The van der Waals surface area contributed by atoms with E-state index in [-0.39, 0.29) is 6.61 Å². The van der Waals surface area contributed by atoms with Gasteiger partial charge in [0.05, 0.1) is 12.3 Å². The van der Waals surface area contributed by atoms with Crippen molar-refractivity contribution in [2.75, 3.05) is 24.6 Å². The van der Waals surface area contributed by atoms with Crippen molar-refractivity contribution >= 4 is 22.1 Å². The van der Waals surface area contributed by atoms with Crippen molar-refractivity contribution in [1.29, 1.82) is 0 Å². The molecule has 94 valence electrons. The maximum absolute atomic E-state index is 9.11. The minimum Gasteiger partial charge on any atom is -0.395 e. The molecule has 0 aromatic carbocycles. The van der Waals surface area contributed by atoms with Gasteiger partial charge in [-0.3, -0.25) is 4.40 Å². The number of aliphatic hydroxyl groups excluding tert-OH is 1. The van der Waals surface area contributed by atoms with Crippen LogP contribution in [0.3, 0.4) is 0 Å². The quantitative estimate of drug-likeness (QED) is 0.809. The number of nitrogens with zero attached hydrogens (tertiary/aromatic N) is 3. The Morgan fingerprint density at radius 2 is 2.35 bits per heavy atom. The molecule has 0 aliphatic rings. The number of nitrogens with two attached hydrogens (primary N) is 1. The first-order valence-corrected chi connectivity index (χ1v) is 6.70. The Kier molecular flexibility index (Phi) is 3.98. The first-order chi connectivity index (χ1) is 8.31. The van der Waals surface area contributed by atoms with Crippen LogP contribution in [0.15, 0.2) is 11.6 Å². The second-order valence-corrected chi connectivity index (χ2v) is 4.73. The van der Waals surface area contributed by atoms with Crippen molar-refractivity contribution in [3.8, 4) is 0 Å². The third kappa shape index (κ3) is 2.29. The van der Waals surface area contributed by atoms with Gasteiger partial charge < -0.3 is 15.7 Å². The molecule has 6 heteroatoms. The minimum atomic E-state index is 0.134. The maximum atomic E-state index is 9.11. The van der Waals surface area contributed by atoms with Crippen LogP contribution in [0.5, 0.6) is 0 Å². The molecular formula is C11H18N4OS. The highest BCUT2D eigenvalue weighted by molar-refractivity contribution is 7.15. The SMILES string of the molecule is CCCN(CCO)c1nc2sccn2c1CN. The largest absolute Gasteiger partial charge is 0.395 e. The zero-order valence-electron chi connectivity index (χ0n) is 9.96. The first-order valence-electron chi connectivity index (χ1n) is 5.82. The molecule has 5 nitrogen and oxygen atoms in total. The highest BCUT2D eigenvalue weighted by Gasteiger charge is 2.16. The molecule has 0 spiro atoms. The van der Waals surface area contributed by atoms with E-state index in [9.17, 15) is 0 Å². The van der Waals surface area contributed by atoms with E-state index in [1.165, 1.54) is 0 Å². The van der Waals surface area contributed by atoms with E-state index in [1.807, 2.05) is 16.0 Å². The molecule has 3 N–H and O–H groups in total. The normalized spacial score (nSPS) is 11.2. The molecule has 0 radical (unpaired) electrons. The zero-order valence-corrected chi connectivity index (χ0v) is 10.8. The second kappa shape index (κ2) is 5.48. The lowest BCUT2D eigenvalue weighted by molar-refractivity contribution is 0.301. The first kappa shape index (κ1) is 12.3. The van der Waals surface area contributed by atoms with Gasteiger partial charge >= 0.3 is 0 Å². The van der Waals surface area contributed by atoms with E-state index in [0.717, 1.165) is 29.4 Å². The molecule has 0 saturated heterocycles. The Labute approximate surface area is 104 Å². The van der Waals surface area contributed by atoms with Gasteiger partial charge in [0.2, 0.25) is 0 Å². The van der Waals surface area contributed by atoms with E-state index in [0.29, 0.717) is 13.1 Å². The lowest BCUT2D eigenvalue weighted by atomic mass is 10.3. The van der Waals surface area contributed by atoms with E-state index < -0.39 is 0 Å². The molecule has 17 heavy (non-hydrogen) atoms. The lowest BCUT2D eigenvalue weighted by Gasteiger charge is -2.21. The molecule has 0 aliphatic carbocycles. The van der Waals surface area contributed by atoms with Crippen LogP contribution in [0.4, 0.5) is 5.82 Å². The van der Waals surface area contributed by atoms with Crippen molar-refractivity contribution in [1.82, 2.24) is 9.38 Å². The molecule has 2 heterocycles. The number of anilines is 1. The summed E-state index contributed by atoms with van der Waals surface area (Å²) < 4.78 is 2.03. The number of aromatic nitrogens is 2. The van der Waals surface area contributed by atoms with Gasteiger partial charge in [0.1, 0.15) is 0 Å². The van der Waals surface area contributed by atoms with Crippen LogP contribution in [0, 0.1) is 0 Å². The standard InChI is InChI=1S/C11H18N4OS/c1-2-3-14(4-6-16)10-9(8-12)15-5-7-17-11(15)13-10/h5,7,16H,2-4,6,8,12H2,1H3. The summed E-state index contributed by atoms with van der Waals surface area (Å²) in [5, 5.41) is 11.1. The number of aliphatic hydroxyl groups is 1. The topological polar surface area (TPSA) is 66.8 Å². The zero-order chi connectivity index (χ0) is 12.3. The number of hydrogen-bond acceptors (Lipinski definition) is 5. The van der Waals surface area contributed by atoms with Gasteiger partial charge in [-0.25, -0.2) is 4.98 Å². The summed E-state index contributed by atoms with van der Waals surface area (Å²) in [4.78, 5) is 7.65. The van der Waals surface area contributed by atoms with Gasteiger partial charge in [-0.1, -0.05) is 6.92 Å². The number of thiazole rings is 1. The van der Waals surface area contributed by atoms with Gasteiger partial charge in [-0.15, -0.1) is 11.3 Å². The van der Waals surface area contributed by atoms with Crippen LogP contribution in [-0.2, 0) is 6.54 Å². The van der Waals surface area contributed by atoms with Crippen LogP contribution in [-0.4, -0.2) is 34.2 Å². The van der Waals surface area contributed by atoms with E-state index in [4.69, 9.17) is 10.8 Å². The van der Waals surface area contributed by atoms with Gasteiger partial charge in [-0.05, 0) is 6.42 Å². The third-order valence-corrected chi connectivity index (χ3v) is 3.45. The maximum Gasteiger partial charge on any atom is 0.195 e. The van der Waals surface area contributed by atoms with Crippen LogP contribution >= 0.6 is 11.3 Å². The highest BCUT2D eigenvalue weighted by atomic mass is 32.1. The highest BCUT2D eigenvalue weighted by Crippen LogP contribution is 2.24. The molecule has 2 aromatic rings. The molecule has 0 atom stereocenters. The van der Waals surface area contributed by atoms with E-state index in [1.54, 1.807) is 11.3 Å². The van der Waals surface area contributed by atoms with Crippen LogP contribution in [0.1, 0.15) is 19.0 Å². The van der Waals surface area contributed by atoms with Gasteiger partial charge in [0.15, 0.2) is 10.8 Å². The van der Waals surface area contributed by atoms with Crippen LogP contribution < -0.4 is 10.6 Å². The fraction of sp³-hybridized carbons (Fsp3) is 0.545. The number of hydrogen-bond donors (Lipinski definition) is 2. The Bertz CT molecular complexity index is 473. The molecule has 0 bridgehead atoms. The van der Waals surface area contributed by atoms with Crippen molar-refractivity contribution in [3.63, 3.8) is 0 Å². The molecule has 0 aliphatic heterocycles. The Hall–Kier alpha value is -1.11. The second-order valence-electron chi connectivity index (χ2n) is 3.85. The van der Waals surface area contributed by atoms with Gasteiger partial charge in [0, 0.05) is 31.2 Å². The van der Waals surface area contributed by atoms with E-state index in [2.05, 4.69) is 16.8 Å². The number of fused-ring (bicyclic) bond motifs is 1. The molecule has 2 aromatic heterocycles.